The number of amides is 1. The number of rotatable bonds is 5. The molecule has 3 heteroatoms. The third kappa shape index (κ3) is 4.82. The van der Waals surface area contributed by atoms with E-state index < -0.39 is 0 Å². The molecule has 0 aliphatic heterocycles. The molecule has 0 aromatic heterocycles. The fraction of sp³-hybridized carbons (Fsp3) is 0.500. The van der Waals surface area contributed by atoms with E-state index in [9.17, 15) is 4.79 Å². The first kappa shape index (κ1) is 14.1. The lowest BCUT2D eigenvalue weighted by Crippen LogP contribution is -2.37. The van der Waals surface area contributed by atoms with Gasteiger partial charge in [0, 0.05) is 10.9 Å². The highest BCUT2D eigenvalue weighted by molar-refractivity contribution is 8.00. The molecule has 0 heterocycles. The highest BCUT2D eigenvalue weighted by Gasteiger charge is 2.15. The van der Waals surface area contributed by atoms with Crippen LogP contribution >= 0.6 is 11.8 Å². The summed E-state index contributed by atoms with van der Waals surface area (Å²) >= 11 is 1.60. The summed E-state index contributed by atoms with van der Waals surface area (Å²) in [5, 5.41) is 2.95. The molecule has 0 unspecified atom stereocenters. The molecular formula is C14H21NOS. The summed E-state index contributed by atoms with van der Waals surface area (Å²) < 4.78 is 0. The number of hydrogen-bond acceptors (Lipinski definition) is 2. The maximum Gasteiger partial charge on any atom is 0.233 e. The summed E-state index contributed by atoms with van der Waals surface area (Å²) in [6, 6.07) is 8.52. The van der Waals surface area contributed by atoms with Crippen molar-refractivity contribution < 1.29 is 4.79 Å². The van der Waals surface area contributed by atoms with Gasteiger partial charge in [-0.15, -0.1) is 11.8 Å². The average Bonchev–Trinajstić information content (AvgIpc) is 2.31. The molecule has 1 rings (SSSR count). The van der Waals surface area contributed by atoms with Crippen LogP contribution in [-0.4, -0.2) is 17.2 Å². The van der Waals surface area contributed by atoms with E-state index in [1.54, 1.807) is 11.8 Å². The molecule has 17 heavy (non-hydrogen) atoms. The molecule has 1 aromatic rings. The van der Waals surface area contributed by atoms with E-state index in [0.29, 0.717) is 0 Å². The number of carbonyl (C=O) groups excluding carboxylic acids is 1. The van der Waals surface area contributed by atoms with Gasteiger partial charge in [-0.25, -0.2) is 0 Å². The molecule has 94 valence electrons. The molecule has 2 nitrogen and oxygen atoms in total. The van der Waals surface area contributed by atoms with Gasteiger partial charge in [-0.1, -0.05) is 24.6 Å². The van der Waals surface area contributed by atoms with E-state index in [-0.39, 0.29) is 17.2 Å². The lowest BCUT2D eigenvalue weighted by molar-refractivity contribution is -0.120. The second-order valence-corrected chi connectivity index (χ2v) is 5.81. The third-order valence-electron chi connectivity index (χ3n) is 2.70. The van der Waals surface area contributed by atoms with Gasteiger partial charge in [0.25, 0.3) is 0 Å². The Morgan fingerprint density at radius 3 is 2.41 bits per heavy atom. The first-order valence-electron chi connectivity index (χ1n) is 6.06. The highest BCUT2D eigenvalue weighted by Crippen LogP contribution is 2.23. The summed E-state index contributed by atoms with van der Waals surface area (Å²) in [6.45, 7) is 8.11. The summed E-state index contributed by atoms with van der Waals surface area (Å²) in [7, 11) is 0. The average molecular weight is 251 g/mol. The van der Waals surface area contributed by atoms with Crippen LogP contribution < -0.4 is 5.32 Å². The predicted molar refractivity (Wildman–Crippen MR) is 74.4 cm³/mol. The van der Waals surface area contributed by atoms with Crippen LogP contribution in [0.3, 0.4) is 0 Å². The lowest BCUT2D eigenvalue weighted by Gasteiger charge is -2.16. The Hall–Kier alpha value is -0.960. The van der Waals surface area contributed by atoms with Crippen LogP contribution in [0.1, 0.15) is 32.8 Å². The quantitative estimate of drug-likeness (QED) is 0.813. The predicted octanol–water partition coefficient (Wildman–Crippen LogP) is 3.39. The topological polar surface area (TPSA) is 29.1 Å². The van der Waals surface area contributed by atoms with E-state index >= 15 is 0 Å². The van der Waals surface area contributed by atoms with Gasteiger partial charge in [0.1, 0.15) is 0 Å². The standard InChI is InChI=1S/C14H21NOS/c1-5-11(3)15-14(16)12(4)17-13-8-6-10(2)7-9-13/h6-9,11-12H,5H2,1-4H3,(H,15,16)/t11-,12+/m1/s1. The fourth-order valence-corrected chi connectivity index (χ4v) is 2.21. The largest absolute Gasteiger partial charge is 0.353 e. The van der Waals surface area contributed by atoms with Crippen LogP contribution in [0.4, 0.5) is 0 Å². The van der Waals surface area contributed by atoms with Crippen molar-refractivity contribution in [2.24, 2.45) is 0 Å². The van der Waals surface area contributed by atoms with Gasteiger partial charge in [-0.2, -0.15) is 0 Å². The number of thioether (sulfide) groups is 1. The monoisotopic (exact) mass is 251 g/mol. The molecule has 0 aliphatic rings. The summed E-state index contributed by atoms with van der Waals surface area (Å²) in [5.74, 6) is 0.116. The zero-order valence-corrected chi connectivity index (χ0v) is 11.8. The van der Waals surface area contributed by atoms with Gasteiger partial charge >= 0.3 is 0 Å². The number of benzene rings is 1. The molecule has 0 fully saturated rings. The van der Waals surface area contributed by atoms with E-state index in [1.165, 1.54) is 5.56 Å². The molecule has 0 aliphatic carbocycles. The maximum absolute atomic E-state index is 11.9. The van der Waals surface area contributed by atoms with Crippen LogP contribution in [0.25, 0.3) is 0 Å². The van der Waals surface area contributed by atoms with Crippen molar-refractivity contribution in [1.82, 2.24) is 5.32 Å². The first-order valence-corrected chi connectivity index (χ1v) is 6.94. The maximum atomic E-state index is 11.9. The number of hydrogen-bond donors (Lipinski definition) is 1. The smallest absolute Gasteiger partial charge is 0.233 e. The van der Waals surface area contributed by atoms with Crippen LogP contribution in [0.15, 0.2) is 29.2 Å². The van der Waals surface area contributed by atoms with Crippen molar-refractivity contribution >= 4 is 17.7 Å². The van der Waals surface area contributed by atoms with Crippen molar-refractivity contribution in [3.8, 4) is 0 Å². The summed E-state index contributed by atoms with van der Waals surface area (Å²) in [5.41, 5.74) is 1.24. The normalized spacial score (nSPS) is 14.1. The fourth-order valence-electron chi connectivity index (χ4n) is 1.34. The molecule has 0 saturated carbocycles. The minimum atomic E-state index is -0.0493. The van der Waals surface area contributed by atoms with Crippen LogP contribution in [0, 0.1) is 6.92 Å². The minimum absolute atomic E-state index is 0.0493. The Bertz CT molecular complexity index is 361. The van der Waals surface area contributed by atoms with Gasteiger partial charge in [0.05, 0.1) is 5.25 Å². The Morgan fingerprint density at radius 2 is 1.88 bits per heavy atom. The van der Waals surface area contributed by atoms with Crippen LogP contribution in [-0.2, 0) is 4.79 Å². The van der Waals surface area contributed by atoms with Crippen molar-refractivity contribution in [2.45, 2.75) is 50.3 Å². The molecule has 1 amide bonds. The highest BCUT2D eigenvalue weighted by atomic mass is 32.2. The molecule has 0 saturated heterocycles. The number of aryl methyl sites for hydroxylation is 1. The second-order valence-electron chi connectivity index (χ2n) is 4.39. The van der Waals surface area contributed by atoms with Crippen molar-refractivity contribution in [2.75, 3.05) is 0 Å². The van der Waals surface area contributed by atoms with Crippen molar-refractivity contribution in [1.29, 1.82) is 0 Å². The SMILES string of the molecule is CC[C@@H](C)NC(=O)[C@H](C)Sc1ccc(C)cc1. The molecule has 0 bridgehead atoms. The van der Waals surface area contributed by atoms with Crippen molar-refractivity contribution in [3.05, 3.63) is 29.8 Å². The van der Waals surface area contributed by atoms with E-state index in [0.717, 1.165) is 11.3 Å². The minimum Gasteiger partial charge on any atom is -0.353 e. The molecule has 1 N–H and O–H groups in total. The molecule has 2 atom stereocenters. The molecule has 1 aromatic carbocycles. The van der Waals surface area contributed by atoms with Gasteiger partial charge < -0.3 is 5.32 Å². The van der Waals surface area contributed by atoms with Crippen molar-refractivity contribution in [3.63, 3.8) is 0 Å². The Balaban J connectivity index is 2.51. The molecule has 0 spiro atoms. The summed E-state index contributed by atoms with van der Waals surface area (Å²) in [4.78, 5) is 13.0. The second kappa shape index (κ2) is 6.70. The first-order chi connectivity index (χ1) is 8.02. The van der Waals surface area contributed by atoms with Crippen LogP contribution in [0.2, 0.25) is 0 Å². The van der Waals surface area contributed by atoms with Crippen LogP contribution in [0.5, 0.6) is 0 Å². The van der Waals surface area contributed by atoms with E-state index in [2.05, 4.69) is 43.4 Å². The lowest BCUT2D eigenvalue weighted by atomic mass is 10.2. The third-order valence-corrected chi connectivity index (χ3v) is 3.82. The Kier molecular flexibility index (Phi) is 5.56. The van der Waals surface area contributed by atoms with Gasteiger partial charge in [-0.3, -0.25) is 4.79 Å². The van der Waals surface area contributed by atoms with Gasteiger partial charge in [-0.05, 0) is 39.3 Å². The number of carbonyl (C=O) groups is 1. The van der Waals surface area contributed by atoms with Gasteiger partial charge in [0.2, 0.25) is 5.91 Å². The van der Waals surface area contributed by atoms with Gasteiger partial charge in [0.15, 0.2) is 0 Å². The Labute approximate surface area is 108 Å². The number of nitrogens with one attached hydrogen (secondary N) is 1. The molecular weight excluding hydrogens is 230 g/mol. The zero-order chi connectivity index (χ0) is 12.8. The van der Waals surface area contributed by atoms with E-state index in [4.69, 9.17) is 0 Å². The summed E-state index contributed by atoms with van der Waals surface area (Å²) in [6.07, 6.45) is 0.966. The molecule has 0 radical (unpaired) electrons. The Morgan fingerprint density at radius 1 is 1.29 bits per heavy atom. The van der Waals surface area contributed by atoms with E-state index in [1.807, 2.05) is 13.8 Å². The zero-order valence-electron chi connectivity index (χ0n) is 11.0.